The fourth-order valence-corrected chi connectivity index (χ4v) is 4.09. The normalized spacial score (nSPS) is 15.5. The van der Waals surface area contributed by atoms with Gasteiger partial charge in [0.25, 0.3) is 0 Å². The zero-order chi connectivity index (χ0) is 25.6. The summed E-state index contributed by atoms with van der Waals surface area (Å²) in [6.07, 6.45) is -10.6. The maximum atomic E-state index is 14.3. The van der Waals surface area contributed by atoms with Gasteiger partial charge in [0.05, 0.1) is 5.56 Å². The maximum absolute atomic E-state index is 14.3. The molecule has 0 spiro atoms. The highest BCUT2D eigenvalue weighted by atomic mass is 19.4. The van der Waals surface area contributed by atoms with Crippen LogP contribution in [0.5, 0.6) is 0 Å². The molecule has 0 saturated carbocycles. The van der Waals surface area contributed by atoms with E-state index >= 15 is 0 Å². The molecule has 2 aromatic rings. The summed E-state index contributed by atoms with van der Waals surface area (Å²) in [5.41, 5.74) is -7.07. The molecule has 0 bridgehead atoms. The number of cyclic esters (lactones) is 1. The Balaban J connectivity index is 0.00000103. The average molecular weight is 482 g/mol. The number of rotatable bonds is 2. The van der Waals surface area contributed by atoms with Crippen molar-refractivity contribution in [3.8, 4) is 0 Å². The summed E-state index contributed by atoms with van der Waals surface area (Å²) in [6.45, 7) is 11.3. The Morgan fingerprint density at radius 1 is 0.794 bits per heavy atom. The van der Waals surface area contributed by atoms with Gasteiger partial charge in [0.2, 0.25) is 5.41 Å². The predicted octanol–water partition coefficient (Wildman–Crippen LogP) is 7.25. The zero-order valence-electron chi connectivity index (χ0n) is 18.3. The van der Waals surface area contributed by atoms with E-state index in [1.54, 1.807) is 0 Å². The van der Waals surface area contributed by atoms with Crippen LogP contribution >= 0.6 is 0 Å². The molecule has 9 heteroatoms. The number of esters is 1. The molecule has 0 saturated heterocycles. The first-order valence-corrected chi connectivity index (χ1v) is 10.3. The van der Waals surface area contributed by atoms with E-state index in [1.165, 1.54) is 6.42 Å². The topological polar surface area (TPSA) is 43.4 Å². The Morgan fingerprint density at radius 3 is 1.76 bits per heavy atom. The van der Waals surface area contributed by atoms with E-state index in [9.17, 15) is 35.9 Å². The van der Waals surface area contributed by atoms with Crippen LogP contribution in [-0.2, 0) is 10.2 Å². The molecule has 0 N–H and O–H groups in total. The van der Waals surface area contributed by atoms with Gasteiger partial charge < -0.3 is 4.74 Å². The highest BCUT2D eigenvalue weighted by molar-refractivity contribution is 6.11. The summed E-state index contributed by atoms with van der Waals surface area (Å²) in [7, 11) is 0. The molecule has 3 nitrogen and oxygen atoms in total. The summed E-state index contributed by atoms with van der Waals surface area (Å²) < 4.78 is 90.7. The van der Waals surface area contributed by atoms with Crippen molar-refractivity contribution in [1.82, 2.24) is 0 Å². The van der Waals surface area contributed by atoms with Crippen LogP contribution in [0.1, 0.15) is 69.7 Å². The van der Waals surface area contributed by atoms with Crippen molar-refractivity contribution < 1.29 is 40.7 Å². The number of Topliss-reactive ketones (excluding diaryl/α,β-unsaturated/α-hetero) is 1. The number of carbonyl (C=O) groups is 2. The lowest BCUT2D eigenvalue weighted by Crippen LogP contribution is -2.55. The summed E-state index contributed by atoms with van der Waals surface area (Å²) >= 11 is 0. The number of fused-ring (bicyclic) bond motifs is 2. The minimum Gasteiger partial charge on any atom is -0.423 e. The lowest BCUT2D eigenvalue weighted by Gasteiger charge is -2.38. The molecule has 0 radical (unpaired) electrons. The Hall–Kier alpha value is -3.36. The van der Waals surface area contributed by atoms with Crippen LogP contribution in [0.3, 0.4) is 0 Å². The second kappa shape index (κ2) is 8.45. The third-order valence-electron chi connectivity index (χ3n) is 5.55. The Morgan fingerprint density at radius 2 is 1.26 bits per heavy atom. The van der Waals surface area contributed by atoms with Crippen molar-refractivity contribution in [3.05, 3.63) is 82.9 Å². The van der Waals surface area contributed by atoms with Crippen molar-refractivity contribution >= 4 is 23.1 Å². The molecule has 1 aliphatic heterocycles. The van der Waals surface area contributed by atoms with Crippen LogP contribution in [0.4, 0.5) is 26.3 Å². The highest BCUT2D eigenvalue weighted by Crippen LogP contribution is 2.57. The largest absolute Gasteiger partial charge is 0.423 e. The van der Waals surface area contributed by atoms with Gasteiger partial charge >= 0.3 is 18.3 Å². The number of carbonyl (C=O) groups excluding carboxylic acids is 2. The van der Waals surface area contributed by atoms with Crippen molar-refractivity contribution in [1.29, 1.82) is 0 Å². The molecule has 0 atom stereocenters. The van der Waals surface area contributed by atoms with Crippen LogP contribution in [0.25, 0.3) is 11.3 Å². The fraction of sp³-hybridized carbons (Fsp3) is 0.280. The molecule has 4 rings (SSSR count). The summed E-state index contributed by atoms with van der Waals surface area (Å²) in [5, 5.41) is 0. The van der Waals surface area contributed by atoms with Gasteiger partial charge in [-0.25, -0.2) is 4.79 Å². The fourth-order valence-electron chi connectivity index (χ4n) is 4.09. The average Bonchev–Trinajstić information content (AvgIpc) is 3.15. The summed E-state index contributed by atoms with van der Waals surface area (Å²) in [4.78, 5) is 24.1. The smallest absolute Gasteiger partial charge is 0.411 e. The molecule has 2 aliphatic rings. The second-order valence-corrected chi connectivity index (χ2v) is 7.99. The van der Waals surface area contributed by atoms with Crippen LogP contribution < -0.4 is 0 Å². The maximum Gasteiger partial charge on any atom is 0.411 e. The van der Waals surface area contributed by atoms with Gasteiger partial charge in [-0.2, -0.15) is 26.3 Å². The van der Waals surface area contributed by atoms with E-state index < -0.39 is 46.2 Å². The SMILES string of the molecule is C=C1CC(=O)c2cc(C(c3ccc4c(c3)C(=O)OC4=C)(C(F)(F)F)C(F)(F)F)ccc21.CCC. The first-order valence-electron chi connectivity index (χ1n) is 10.3. The van der Waals surface area contributed by atoms with Crippen molar-refractivity contribution in [2.24, 2.45) is 0 Å². The molecular formula is C25H20F6O3. The highest BCUT2D eigenvalue weighted by Gasteiger charge is 2.72. The Labute approximate surface area is 191 Å². The quantitative estimate of drug-likeness (QED) is 0.334. The van der Waals surface area contributed by atoms with Crippen molar-refractivity contribution in [3.63, 3.8) is 0 Å². The van der Waals surface area contributed by atoms with Gasteiger partial charge in [-0.1, -0.05) is 57.7 Å². The molecule has 1 heterocycles. The minimum absolute atomic E-state index is 0.00688. The monoisotopic (exact) mass is 482 g/mol. The van der Waals surface area contributed by atoms with E-state index in [2.05, 4.69) is 27.0 Å². The zero-order valence-corrected chi connectivity index (χ0v) is 18.3. The summed E-state index contributed by atoms with van der Waals surface area (Å²) in [6, 6.07) is 4.43. The van der Waals surface area contributed by atoms with Crippen LogP contribution in [0.15, 0.2) is 49.6 Å². The van der Waals surface area contributed by atoms with Gasteiger partial charge in [0.15, 0.2) is 5.78 Å². The van der Waals surface area contributed by atoms with E-state index in [-0.39, 0.29) is 28.9 Å². The van der Waals surface area contributed by atoms with Crippen molar-refractivity contribution in [2.75, 3.05) is 0 Å². The number of allylic oxidation sites excluding steroid dienone is 1. The minimum atomic E-state index is -5.86. The number of halogens is 6. The lowest BCUT2D eigenvalue weighted by molar-refractivity contribution is -0.288. The van der Waals surface area contributed by atoms with Crippen LogP contribution in [0, 0.1) is 0 Å². The Kier molecular flexibility index (Phi) is 6.28. The number of hydrogen-bond donors (Lipinski definition) is 0. The van der Waals surface area contributed by atoms with Crippen LogP contribution in [-0.4, -0.2) is 24.1 Å². The first-order chi connectivity index (χ1) is 15.7. The molecule has 0 fully saturated rings. The van der Waals surface area contributed by atoms with Gasteiger partial charge in [0.1, 0.15) is 5.76 Å². The molecule has 0 aromatic heterocycles. The van der Waals surface area contributed by atoms with Gasteiger partial charge in [0, 0.05) is 17.5 Å². The first kappa shape index (κ1) is 25.3. The molecular weight excluding hydrogens is 462 g/mol. The lowest BCUT2D eigenvalue weighted by atomic mass is 9.71. The van der Waals surface area contributed by atoms with Gasteiger partial charge in [-0.3, -0.25) is 4.79 Å². The standard InChI is InChI=1S/C22H12F6O3.C3H8/c1-10-7-18(29)16-8-12(3-5-14(10)16)20(21(23,24)25,22(26,27)28)13-4-6-15-11(2)31-19(30)17(15)9-13;1-3-2/h3-6,8-9H,1-2,7H2;3H2,1-2H3. The Bertz CT molecular complexity index is 1110. The number of ketones is 1. The van der Waals surface area contributed by atoms with E-state index in [0.717, 1.165) is 12.1 Å². The van der Waals surface area contributed by atoms with E-state index in [4.69, 9.17) is 4.74 Å². The number of hydrogen-bond acceptors (Lipinski definition) is 3. The second-order valence-electron chi connectivity index (χ2n) is 7.99. The van der Waals surface area contributed by atoms with Gasteiger partial charge in [-0.15, -0.1) is 0 Å². The third kappa shape index (κ3) is 3.73. The molecule has 0 amide bonds. The van der Waals surface area contributed by atoms with E-state index in [0.29, 0.717) is 29.8 Å². The molecule has 1 aliphatic carbocycles. The predicted molar refractivity (Wildman–Crippen MR) is 114 cm³/mol. The van der Waals surface area contributed by atoms with Crippen molar-refractivity contribution in [2.45, 2.75) is 44.5 Å². The number of ether oxygens (including phenoxy) is 1. The number of benzene rings is 2. The molecule has 180 valence electrons. The number of alkyl halides is 6. The summed E-state index contributed by atoms with van der Waals surface area (Å²) in [5.74, 6) is -1.88. The van der Waals surface area contributed by atoms with Gasteiger partial charge in [-0.05, 0) is 34.4 Å². The third-order valence-corrected chi connectivity index (χ3v) is 5.55. The molecule has 0 unspecified atom stereocenters. The van der Waals surface area contributed by atoms with Crippen LogP contribution in [0.2, 0.25) is 0 Å². The molecule has 34 heavy (non-hydrogen) atoms. The van der Waals surface area contributed by atoms with E-state index in [1.807, 2.05) is 0 Å². The molecule has 2 aromatic carbocycles.